The van der Waals surface area contributed by atoms with Gasteiger partial charge in [0.1, 0.15) is 0 Å². The molecule has 0 aliphatic carbocycles. The molecule has 2 heterocycles. The molecule has 2 rings (SSSR count). The van der Waals surface area contributed by atoms with Gasteiger partial charge in [0.15, 0.2) is 0 Å². The van der Waals surface area contributed by atoms with Crippen molar-refractivity contribution in [3.8, 4) is 0 Å². The summed E-state index contributed by atoms with van der Waals surface area (Å²) in [6, 6.07) is 6.26. The SMILES string of the molecule is CCCNC(Cc1ccccn1)c1cn(C)cn1. The van der Waals surface area contributed by atoms with Crippen molar-refractivity contribution in [1.82, 2.24) is 19.9 Å². The molecule has 0 aromatic carbocycles. The van der Waals surface area contributed by atoms with Crippen LogP contribution >= 0.6 is 0 Å². The van der Waals surface area contributed by atoms with Crippen molar-refractivity contribution in [2.45, 2.75) is 25.8 Å². The molecule has 0 fully saturated rings. The second-order valence-electron chi connectivity index (χ2n) is 4.50. The fraction of sp³-hybridized carbons (Fsp3) is 0.429. The predicted molar refractivity (Wildman–Crippen MR) is 72.2 cm³/mol. The lowest BCUT2D eigenvalue weighted by atomic mass is 10.1. The van der Waals surface area contributed by atoms with Gasteiger partial charge in [-0.15, -0.1) is 0 Å². The van der Waals surface area contributed by atoms with Crippen LogP contribution in [-0.4, -0.2) is 21.1 Å². The Morgan fingerprint density at radius 2 is 2.22 bits per heavy atom. The van der Waals surface area contributed by atoms with Crippen LogP contribution < -0.4 is 5.32 Å². The highest BCUT2D eigenvalue weighted by molar-refractivity contribution is 5.11. The van der Waals surface area contributed by atoms with E-state index in [9.17, 15) is 0 Å². The summed E-state index contributed by atoms with van der Waals surface area (Å²) in [5.41, 5.74) is 2.17. The summed E-state index contributed by atoms with van der Waals surface area (Å²) in [7, 11) is 1.99. The minimum absolute atomic E-state index is 0.237. The highest BCUT2D eigenvalue weighted by Crippen LogP contribution is 2.15. The summed E-state index contributed by atoms with van der Waals surface area (Å²) in [6.45, 7) is 3.16. The summed E-state index contributed by atoms with van der Waals surface area (Å²) in [5.74, 6) is 0. The Kier molecular flexibility index (Phi) is 4.47. The highest BCUT2D eigenvalue weighted by Gasteiger charge is 2.14. The molecule has 1 atom stereocenters. The second-order valence-corrected chi connectivity index (χ2v) is 4.50. The monoisotopic (exact) mass is 244 g/mol. The van der Waals surface area contributed by atoms with Gasteiger partial charge in [0.2, 0.25) is 0 Å². The first-order valence-electron chi connectivity index (χ1n) is 6.40. The van der Waals surface area contributed by atoms with Crippen molar-refractivity contribution in [3.63, 3.8) is 0 Å². The van der Waals surface area contributed by atoms with Crippen LogP contribution in [0.2, 0.25) is 0 Å². The quantitative estimate of drug-likeness (QED) is 0.846. The molecule has 0 aliphatic rings. The normalized spacial score (nSPS) is 12.6. The van der Waals surface area contributed by atoms with E-state index in [4.69, 9.17) is 0 Å². The number of pyridine rings is 1. The molecular formula is C14H20N4. The molecule has 96 valence electrons. The minimum Gasteiger partial charge on any atom is -0.340 e. The molecule has 0 saturated heterocycles. The van der Waals surface area contributed by atoms with Crippen molar-refractivity contribution in [2.75, 3.05) is 6.54 Å². The zero-order valence-electron chi connectivity index (χ0n) is 11.0. The van der Waals surface area contributed by atoms with E-state index in [2.05, 4.69) is 34.5 Å². The van der Waals surface area contributed by atoms with Crippen LogP contribution in [0.25, 0.3) is 0 Å². The van der Waals surface area contributed by atoms with Gasteiger partial charge >= 0.3 is 0 Å². The van der Waals surface area contributed by atoms with Gasteiger partial charge < -0.3 is 9.88 Å². The number of hydrogen-bond acceptors (Lipinski definition) is 3. The highest BCUT2D eigenvalue weighted by atomic mass is 15.0. The summed E-state index contributed by atoms with van der Waals surface area (Å²) >= 11 is 0. The average Bonchev–Trinajstić information content (AvgIpc) is 2.82. The Morgan fingerprint density at radius 3 is 2.83 bits per heavy atom. The number of hydrogen-bond donors (Lipinski definition) is 1. The Morgan fingerprint density at radius 1 is 1.33 bits per heavy atom. The molecule has 0 saturated carbocycles. The summed E-state index contributed by atoms with van der Waals surface area (Å²) < 4.78 is 1.98. The van der Waals surface area contributed by atoms with E-state index in [1.54, 1.807) is 0 Å². The number of rotatable bonds is 6. The summed E-state index contributed by atoms with van der Waals surface area (Å²) in [4.78, 5) is 8.82. The number of aromatic nitrogens is 3. The van der Waals surface area contributed by atoms with Gasteiger partial charge in [-0.2, -0.15) is 0 Å². The molecule has 4 nitrogen and oxygen atoms in total. The van der Waals surface area contributed by atoms with Crippen LogP contribution in [-0.2, 0) is 13.5 Å². The summed E-state index contributed by atoms with van der Waals surface area (Å²) in [6.07, 6.45) is 7.73. The maximum Gasteiger partial charge on any atom is 0.0947 e. The standard InChI is InChI=1S/C14H20N4/c1-3-7-16-13(14-10-18(2)11-17-14)9-12-6-4-5-8-15-12/h4-6,8,10-11,13,16H,3,7,9H2,1-2H3. The summed E-state index contributed by atoms with van der Waals surface area (Å²) in [5, 5.41) is 3.53. The molecule has 0 bridgehead atoms. The van der Waals surface area contributed by atoms with E-state index in [0.29, 0.717) is 0 Å². The number of nitrogens with zero attached hydrogens (tertiary/aromatic N) is 3. The predicted octanol–water partition coefficient (Wildman–Crippen LogP) is 2.10. The lowest BCUT2D eigenvalue weighted by Crippen LogP contribution is -2.24. The van der Waals surface area contributed by atoms with E-state index in [0.717, 1.165) is 30.8 Å². The Bertz CT molecular complexity index is 464. The van der Waals surface area contributed by atoms with E-state index >= 15 is 0 Å². The van der Waals surface area contributed by atoms with Gasteiger partial charge in [0, 0.05) is 31.6 Å². The van der Waals surface area contributed by atoms with Gasteiger partial charge in [-0.3, -0.25) is 4.98 Å². The van der Waals surface area contributed by atoms with Gasteiger partial charge in [-0.1, -0.05) is 13.0 Å². The Balaban J connectivity index is 2.10. The van der Waals surface area contributed by atoms with Gasteiger partial charge in [0.25, 0.3) is 0 Å². The molecule has 2 aromatic rings. The molecule has 0 amide bonds. The molecule has 1 N–H and O–H groups in total. The third kappa shape index (κ3) is 3.40. The van der Waals surface area contributed by atoms with Crippen molar-refractivity contribution in [1.29, 1.82) is 0 Å². The number of nitrogens with one attached hydrogen (secondary N) is 1. The van der Waals surface area contributed by atoms with Crippen LogP contribution in [0, 0.1) is 0 Å². The smallest absolute Gasteiger partial charge is 0.0947 e. The lowest BCUT2D eigenvalue weighted by molar-refractivity contribution is 0.514. The third-order valence-corrected chi connectivity index (χ3v) is 2.86. The fourth-order valence-electron chi connectivity index (χ4n) is 1.94. The first-order valence-corrected chi connectivity index (χ1v) is 6.40. The fourth-order valence-corrected chi connectivity index (χ4v) is 1.94. The molecule has 2 aromatic heterocycles. The van der Waals surface area contributed by atoms with E-state index < -0.39 is 0 Å². The average molecular weight is 244 g/mol. The van der Waals surface area contributed by atoms with Crippen LogP contribution in [0.15, 0.2) is 36.9 Å². The van der Waals surface area contributed by atoms with Crippen LogP contribution in [0.1, 0.15) is 30.8 Å². The molecular weight excluding hydrogens is 224 g/mol. The van der Waals surface area contributed by atoms with Crippen LogP contribution in [0.3, 0.4) is 0 Å². The van der Waals surface area contributed by atoms with Gasteiger partial charge in [0.05, 0.1) is 18.1 Å². The molecule has 0 spiro atoms. The van der Waals surface area contributed by atoms with Crippen LogP contribution in [0.5, 0.6) is 0 Å². The van der Waals surface area contributed by atoms with Gasteiger partial charge in [-0.05, 0) is 25.1 Å². The Hall–Kier alpha value is -1.68. The molecule has 1 unspecified atom stereocenters. The third-order valence-electron chi connectivity index (χ3n) is 2.86. The molecule has 0 radical (unpaired) electrons. The van der Waals surface area contributed by atoms with E-state index in [1.165, 1.54) is 0 Å². The topological polar surface area (TPSA) is 42.7 Å². The molecule has 18 heavy (non-hydrogen) atoms. The van der Waals surface area contributed by atoms with Gasteiger partial charge in [-0.25, -0.2) is 4.98 Å². The zero-order valence-corrected chi connectivity index (χ0v) is 11.0. The maximum atomic E-state index is 4.44. The van der Waals surface area contributed by atoms with Crippen molar-refractivity contribution >= 4 is 0 Å². The second kappa shape index (κ2) is 6.31. The van der Waals surface area contributed by atoms with Crippen molar-refractivity contribution in [3.05, 3.63) is 48.3 Å². The lowest BCUT2D eigenvalue weighted by Gasteiger charge is -2.16. The van der Waals surface area contributed by atoms with Crippen molar-refractivity contribution < 1.29 is 0 Å². The van der Waals surface area contributed by atoms with E-state index in [1.807, 2.05) is 36.3 Å². The first kappa shape index (κ1) is 12.8. The first-order chi connectivity index (χ1) is 8.79. The maximum absolute atomic E-state index is 4.44. The Labute approximate surface area is 108 Å². The number of imidazole rings is 1. The largest absolute Gasteiger partial charge is 0.340 e. The molecule has 0 aliphatic heterocycles. The van der Waals surface area contributed by atoms with Crippen molar-refractivity contribution in [2.24, 2.45) is 7.05 Å². The van der Waals surface area contributed by atoms with Crippen LogP contribution in [0.4, 0.5) is 0 Å². The molecule has 4 heteroatoms. The van der Waals surface area contributed by atoms with E-state index in [-0.39, 0.29) is 6.04 Å². The zero-order chi connectivity index (χ0) is 12.8. The number of aryl methyl sites for hydroxylation is 1. The minimum atomic E-state index is 0.237.